The number of esters is 1. The van der Waals surface area contributed by atoms with Gasteiger partial charge < -0.3 is 30.1 Å². The van der Waals surface area contributed by atoms with Crippen LogP contribution in [0.4, 0.5) is 0 Å². The normalized spacial score (nSPS) is 14.1. The molecule has 1 aliphatic rings. The molecular formula is C24H25I4N3O6. The third-order valence-electron chi connectivity index (χ3n) is 5.56. The van der Waals surface area contributed by atoms with Crippen molar-refractivity contribution in [1.29, 1.82) is 0 Å². The highest BCUT2D eigenvalue weighted by atomic mass is 127. The summed E-state index contributed by atoms with van der Waals surface area (Å²) in [7, 11) is 1.28. The highest BCUT2D eigenvalue weighted by Crippen LogP contribution is 2.37. The summed E-state index contributed by atoms with van der Waals surface area (Å²) in [6.45, 7) is 2.76. The second kappa shape index (κ2) is 14.6. The molecule has 13 heteroatoms. The Morgan fingerprint density at radius 2 is 1.59 bits per heavy atom. The summed E-state index contributed by atoms with van der Waals surface area (Å²) in [4.78, 5) is 39.1. The first-order valence-corrected chi connectivity index (χ1v) is 15.6. The van der Waals surface area contributed by atoms with Gasteiger partial charge >= 0.3 is 5.97 Å². The van der Waals surface area contributed by atoms with Gasteiger partial charge in [0.15, 0.2) is 5.75 Å². The zero-order valence-corrected chi connectivity index (χ0v) is 28.4. The summed E-state index contributed by atoms with van der Waals surface area (Å²) >= 11 is 8.45. The van der Waals surface area contributed by atoms with Crippen LogP contribution in [-0.2, 0) is 25.5 Å². The fourth-order valence-electron chi connectivity index (χ4n) is 3.68. The minimum absolute atomic E-state index is 0.00231. The molecule has 0 spiro atoms. The lowest BCUT2D eigenvalue weighted by Crippen LogP contribution is -2.47. The average molecular weight is 959 g/mol. The molecule has 2 aromatic rings. The quantitative estimate of drug-likeness (QED) is 0.257. The second-order valence-corrected chi connectivity index (χ2v) is 12.9. The SMILES string of the molecule is COC(=O)C(Cc1cc(I)c(Oc2cc(I)c(O)c(I)c2)c(I)c1)NC(=O)CCC(=O)N1CCNCC1. The van der Waals surface area contributed by atoms with Crippen molar-refractivity contribution in [3.63, 3.8) is 0 Å². The number of hydrogen-bond donors (Lipinski definition) is 3. The Morgan fingerprint density at radius 3 is 2.16 bits per heavy atom. The van der Waals surface area contributed by atoms with E-state index in [2.05, 4.69) is 101 Å². The number of amides is 2. The van der Waals surface area contributed by atoms with E-state index in [4.69, 9.17) is 9.47 Å². The molecular weight excluding hydrogens is 934 g/mol. The van der Waals surface area contributed by atoms with Crippen LogP contribution >= 0.6 is 90.4 Å². The molecule has 2 aromatic carbocycles. The number of benzene rings is 2. The van der Waals surface area contributed by atoms with Gasteiger partial charge in [-0.2, -0.15) is 0 Å². The number of aromatic hydroxyl groups is 1. The summed E-state index contributed by atoms with van der Waals surface area (Å²) in [5.41, 5.74) is 0.823. The maximum absolute atomic E-state index is 12.6. The third kappa shape index (κ3) is 8.92. The molecule has 0 bridgehead atoms. The van der Waals surface area contributed by atoms with Gasteiger partial charge in [-0.15, -0.1) is 0 Å². The van der Waals surface area contributed by atoms with Crippen LogP contribution < -0.4 is 15.4 Å². The largest absolute Gasteiger partial charge is 0.506 e. The topological polar surface area (TPSA) is 117 Å². The van der Waals surface area contributed by atoms with E-state index >= 15 is 0 Å². The molecule has 2 amide bonds. The number of nitrogens with one attached hydrogen (secondary N) is 2. The zero-order valence-electron chi connectivity index (χ0n) is 19.8. The lowest BCUT2D eigenvalue weighted by atomic mass is 10.1. The van der Waals surface area contributed by atoms with Gasteiger partial charge in [0.2, 0.25) is 11.8 Å². The number of rotatable bonds is 9. The number of halogens is 4. The summed E-state index contributed by atoms with van der Waals surface area (Å²) in [6, 6.07) is 6.42. The molecule has 37 heavy (non-hydrogen) atoms. The standard InChI is InChI=1S/C24H25I4N3O6/c1-36-24(35)19(30-20(32)2-3-21(33)31-6-4-29-5-7-31)10-13-8-17(27)23(18(28)9-13)37-14-11-15(25)22(34)16(26)12-14/h8-9,11-12,19,29,34H,2-7,10H2,1H3,(H,30,32). The maximum Gasteiger partial charge on any atom is 0.328 e. The van der Waals surface area contributed by atoms with E-state index in [0.29, 0.717) is 31.7 Å². The third-order valence-corrected chi connectivity index (χ3v) is 8.81. The highest BCUT2D eigenvalue weighted by molar-refractivity contribution is 14.1. The molecule has 3 N–H and O–H groups in total. The minimum atomic E-state index is -0.884. The van der Waals surface area contributed by atoms with Crippen LogP contribution in [0.1, 0.15) is 18.4 Å². The lowest BCUT2D eigenvalue weighted by molar-refractivity contribution is -0.145. The first-order valence-electron chi connectivity index (χ1n) is 11.3. The number of phenols is 1. The highest BCUT2D eigenvalue weighted by Gasteiger charge is 2.24. The van der Waals surface area contributed by atoms with Crippen molar-refractivity contribution in [1.82, 2.24) is 15.5 Å². The van der Waals surface area contributed by atoms with E-state index in [9.17, 15) is 19.5 Å². The number of nitrogens with zero attached hydrogens (tertiary/aromatic N) is 1. The van der Waals surface area contributed by atoms with Gasteiger partial charge in [-0.05, 0) is 120 Å². The summed E-state index contributed by atoms with van der Waals surface area (Å²) in [5, 5.41) is 15.9. The van der Waals surface area contributed by atoms with Crippen LogP contribution in [0.2, 0.25) is 0 Å². The van der Waals surface area contributed by atoms with Gasteiger partial charge in [0.1, 0.15) is 17.5 Å². The van der Waals surface area contributed by atoms with Gasteiger partial charge in [0.05, 0.1) is 21.4 Å². The van der Waals surface area contributed by atoms with Crippen LogP contribution in [0.5, 0.6) is 17.2 Å². The maximum atomic E-state index is 12.6. The Kier molecular flexibility index (Phi) is 12.2. The Morgan fingerprint density at radius 1 is 1.00 bits per heavy atom. The lowest BCUT2D eigenvalue weighted by Gasteiger charge is -2.27. The van der Waals surface area contributed by atoms with Crippen molar-refractivity contribution in [3.8, 4) is 17.2 Å². The monoisotopic (exact) mass is 959 g/mol. The van der Waals surface area contributed by atoms with Crippen LogP contribution in [0.3, 0.4) is 0 Å². The minimum Gasteiger partial charge on any atom is -0.506 e. The van der Waals surface area contributed by atoms with Crippen molar-refractivity contribution in [3.05, 3.63) is 44.1 Å². The molecule has 200 valence electrons. The second-order valence-electron chi connectivity index (χ2n) is 8.20. The fraction of sp³-hybridized carbons (Fsp3) is 0.375. The molecule has 1 saturated heterocycles. The number of carbonyl (C=O) groups is 3. The van der Waals surface area contributed by atoms with E-state index < -0.39 is 12.0 Å². The molecule has 1 aliphatic heterocycles. The number of phenolic OH excluding ortho intramolecular Hbond substituents is 1. The van der Waals surface area contributed by atoms with Crippen LogP contribution in [0, 0.1) is 14.3 Å². The van der Waals surface area contributed by atoms with Crippen LogP contribution in [0.15, 0.2) is 24.3 Å². The van der Waals surface area contributed by atoms with E-state index in [0.717, 1.165) is 25.8 Å². The van der Waals surface area contributed by atoms with Gasteiger partial charge in [0, 0.05) is 45.4 Å². The number of methoxy groups -OCH3 is 1. The summed E-state index contributed by atoms with van der Waals surface area (Å²) in [6.07, 6.45) is 0.324. The van der Waals surface area contributed by atoms with Crippen molar-refractivity contribution in [2.24, 2.45) is 0 Å². The molecule has 1 heterocycles. The van der Waals surface area contributed by atoms with Crippen molar-refractivity contribution < 1.29 is 29.0 Å². The Bertz CT molecular complexity index is 1130. The van der Waals surface area contributed by atoms with Crippen molar-refractivity contribution >= 4 is 108 Å². The molecule has 3 rings (SSSR count). The molecule has 0 aliphatic carbocycles. The van der Waals surface area contributed by atoms with Crippen molar-refractivity contribution in [2.75, 3.05) is 33.3 Å². The van der Waals surface area contributed by atoms with E-state index in [1.807, 2.05) is 12.1 Å². The Balaban J connectivity index is 1.66. The average Bonchev–Trinajstić information content (AvgIpc) is 2.87. The van der Waals surface area contributed by atoms with Crippen molar-refractivity contribution in [2.45, 2.75) is 25.3 Å². The van der Waals surface area contributed by atoms with Gasteiger partial charge in [0.25, 0.3) is 0 Å². The molecule has 1 unspecified atom stereocenters. The summed E-state index contributed by atoms with van der Waals surface area (Å²) in [5.74, 6) is 0.485. The Labute approximate surface area is 269 Å². The van der Waals surface area contributed by atoms with E-state index in [1.165, 1.54) is 7.11 Å². The number of ether oxygens (including phenoxy) is 2. The molecule has 1 atom stereocenters. The first-order chi connectivity index (χ1) is 17.6. The van der Waals surface area contributed by atoms with Gasteiger partial charge in [-0.3, -0.25) is 9.59 Å². The van der Waals surface area contributed by atoms with Gasteiger partial charge in [-0.25, -0.2) is 4.79 Å². The molecule has 1 fully saturated rings. The predicted octanol–water partition coefficient (Wildman–Crippen LogP) is 4.02. The van der Waals surface area contributed by atoms with E-state index in [1.54, 1.807) is 17.0 Å². The first kappa shape index (κ1) is 30.9. The predicted molar refractivity (Wildman–Crippen MR) is 172 cm³/mol. The number of hydrogen-bond acceptors (Lipinski definition) is 7. The fourth-order valence-corrected chi connectivity index (χ4v) is 7.51. The molecule has 0 saturated carbocycles. The Hall–Kier alpha value is -0.670. The molecule has 0 radical (unpaired) electrons. The van der Waals surface area contributed by atoms with Crippen LogP contribution in [0.25, 0.3) is 0 Å². The smallest absolute Gasteiger partial charge is 0.328 e. The number of carbonyl (C=O) groups excluding carboxylic acids is 3. The molecule has 9 nitrogen and oxygen atoms in total. The van der Waals surface area contributed by atoms with Crippen LogP contribution in [-0.4, -0.2) is 67.1 Å². The summed E-state index contributed by atoms with van der Waals surface area (Å²) < 4.78 is 14.1. The van der Waals surface area contributed by atoms with Gasteiger partial charge in [-0.1, -0.05) is 0 Å². The molecule has 0 aromatic heterocycles. The number of piperazine rings is 1. The van der Waals surface area contributed by atoms with E-state index in [-0.39, 0.29) is 36.8 Å². The zero-order chi connectivity index (χ0) is 27.1.